The first-order valence-electron chi connectivity index (χ1n) is 5.47. The molecule has 0 heterocycles. The van der Waals surface area contributed by atoms with Gasteiger partial charge in [0.05, 0.1) is 16.7 Å². The van der Waals surface area contributed by atoms with Crippen LogP contribution in [0.15, 0.2) is 12.1 Å². The van der Waals surface area contributed by atoms with E-state index in [-0.39, 0.29) is 18.7 Å². The summed E-state index contributed by atoms with van der Waals surface area (Å²) in [5.41, 5.74) is 2.37. The predicted molar refractivity (Wildman–Crippen MR) is 67.2 cm³/mol. The fourth-order valence-corrected chi connectivity index (χ4v) is 2.65. The van der Waals surface area contributed by atoms with Crippen LogP contribution in [0.3, 0.4) is 0 Å². The lowest BCUT2D eigenvalue weighted by atomic mass is 10.1. The number of hydrogen-bond acceptors (Lipinski definition) is 2. The first-order chi connectivity index (χ1) is 7.63. The van der Waals surface area contributed by atoms with Gasteiger partial charge in [-0.25, -0.2) is 0 Å². The highest BCUT2D eigenvalue weighted by Crippen LogP contribution is 2.39. The van der Waals surface area contributed by atoms with E-state index >= 15 is 0 Å². The van der Waals surface area contributed by atoms with Crippen LogP contribution in [0, 0.1) is 0 Å². The molecule has 1 aromatic rings. The van der Waals surface area contributed by atoms with E-state index in [9.17, 15) is 0 Å². The molecule has 0 bridgehead atoms. The zero-order chi connectivity index (χ0) is 11.7. The Morgan fingerprint density at radius 3 is 2.94 bits per heavy atom. The van der Waals surface area contributed by atoms with Crippen LogP contribution in [0.1, 0.15) is 30.5 Å². The van der Waals surface area contributed by atoms with Gasteiger partial charge in [0.25, 0.3) is 0 Å². The van der Waals surface area contributed by atoms with E-state index in [4.69, 9.17) is 28.3 Å². The van der Waals surface area contributed by atoms with E-state index in [2.05, 4.69) is 5.32 Å². The minimum absolute atomic E-state index is 0.102. The predicted octanol–water partition coefficient (Wildman–Crippen LogP) is 2.95. The molecule has 4 heteroatoms. The van der Waals surface area contributed by atoms with Gasteiger partial charge in [-0.2, -0.15) is 0 Å². The Bertz CT molecular complexity index is 395. The Hall–Kier alpha value is -0.280. The van der Waals surface area contributed by atoms with Crippen molar-refractivity contribution in [3.05, 3.63) is 33.3 Å². The maximum absolute atomic E-state index is 9.03. The van der Waals surface area contributed by atoms with Gasteiger partial charge < -0.3 is 10.4 Å². The summed E-state index contributed by atoms with van der Waals surface area (Å²) in [4.78, 5) is 0. The third-order valence-electron chi connectivity index (χ3n) is 3.05. The first kappa shape index (κ1) is 12.2. The second kappa shape index (κ2) is 4.92. The topological polar surface area (TPSA) is 32.3 Å². The molecular weight excluding hydrogens is 245 g/mol. The van der Waals surface area contributed by atoms with Crippen molar-refractivity contribution in [2.45, 2.75) is 31.8 Å². The Morgan fingerprint density at radius 2 is 2.25 bits per heavy atom. The SMILES string of the molecule is CC(CO)NC1CCc2c1ccc(Cl)c2Cl. The molecule has 0 saturated heterocycles. The quantitative estimate of drug-likeness (QED) is 0.875. The van der Waals surface area contributed by atoms with Gasteiger partial charge in [-0.3, -0.25) is 0 Å². The summed E-state index contributed by atoms with van der Waals surface area (Å²) < 4.78 is 0. The van der Waals surface area contributed by atoms with E-state index in [0.717, 1.165) is 18.4 Å². The third-order valence-corrected chi connectivity index (χ3v) is 3.89. The largest absolute Gasteiger partial charge is 0.395 e. The van der Waals surface area contributed by atoms with Crippen molar-refractivity contribution in [3.63, 3.8) is 0 Å². The Kier molecular flexibility index (Phi) is 3.75. The van der Waals surface area contributed by atoms with E-state index in [1.165, 1.54) is 5.56 Å². The van der Waals surface area contributed by atoms with Crippen molar-refractivity contribution < 1.29 is 5.11 Å². The maximum atomic E-state index is 9.03. The zero-order valence-corrected chi connectivity index (χ0v) is 10.6. The van der Waals surface area contributed by atoms with Gasteiger partial charge >= 0.3 is 0 Å². The van der Waals surface area contributed by atoms with Crippen LogP contribution in [0.25, 0.3) is 0 Å². The average Bonchev–Trinajstić information content (AvgIpc) is 2.67. The van der Waals surface area contributed by atoms with Gasteiger partial charge in [0.2, 0.25) is 0 Å². The van der Waals surface area contributed by atoms with Crippen LogP contribution in [0.2, 0.25) is 10.0 Å². The molecule has 16 heavy (non-hydrogen) atoms. The van der Waals surface area contributed by atoms with E-state index < -0.39 is 0 Å². The smallest absolute Gasteiger partial charge is 0.0627 e. The Labute approximate surface area is 106 Å². The summed E-state index contributed by atoms with van der Waals surface area (Å²) in [5, 5.41) is 13.7. The summed E-state index contributed by atoms with van der Waals surface area (Å²) in [6.45, 7) is 2.11. The molecule has 1 aliphatic rings. The van der Waals surface area contributed by atoms with Gasteiger partial charge in [0, 0.05) is 12.1 Å². The van der Waals surface area contributed by atoms with Crippen molar-refractivity contribution in [2.75, 3.05) is 6.61 Å². The molecule has 2 rings (SSSR count). The molecule has 2 unspecified atom stereocenters. The standard InChI is InChI=1S/C12H15Cl2NO/c1-7(6-16)15-11-5-3-9-8(11)2-4-10(13)12(9)14/h2,4,7,11,15-16H,3,5-6H2,1H3. The highest BCUT2D eigenvalue weighted by atomic mass is 35.5. The number of aliphatic hydroxyl groups excluding tert-OH is 1. The Morgan fingerprint density at radius 1 is 1.50 bits per heavy atom. The minimum atomic E-state index is 0.102. The molecule has 0 amide bonds. The normalized spacial score (nSPS) is 20.9. The van der Waals surface area contributed by atoms with Gasteiger partial charge in [-0.1, -0.05) is 29.3 Å². The van der Waals surface area contributed by atoms with Crippen molar-refractivity contribution in [1.29, 1.82) is 0 Å². The molecule has 88 valence electrons. The molecule has 0 aromatic heterocycles. The molecule has 0 saturated carbocycles. The second-order valence-corrected chi connectivity index (χ2v) is 5.06. The lowest BCUT2D eigenvalue weighted by Crippen LogP contribution is -2.32. The van der Waals surface area contributed by atoms with E-state index in [0.29, 0.717) is 10.0 Å². The fraction of sp³-hybridized carbons (Fsp3) is 0.500. The molecular formula is C12H15Cl2NO. The van der Waals surface area contributed by atoms with Gasteiger partial charge in [0.1, 0.15) is 0 Å². The van der Waals surface area contributed by atoms with Crippen LogP contribution < -0.4 is 5.32 Å². The molecule has 1 aliphatic carbocycles. The first-order valence-corrected chi connectivity index (χ1v) is 6.22. The maximum Gasteiger partial charge on any atom is 0.0627 e. The van der Waals surface area contributed by atoms with Crippen molar-refractivity contribution >= 4 is 23.2 Å². The zero-order valence-electron chi connectivity index (χ0n) is 9.13. The van der Waals surface area contributed by atoms with Gasteiger partial charge in [0.15, 0.2) is 0 Å². The molecule has 0 fully saturated rings. The average molecular weight is 260 g/mol. The van der Waals surface area contributed by atoms with Crippen LogP contribution in [-0.4, -0.2) is 17.8 Å². The summed E-state index contributed by atoms with van der Waals surface area (Å²) in [5.74, 6) is 0. The lowest BCUT2D eigenvalue weighted by Gasteiger charge is -2.18. The van der Waals surface area contributed by atoms with Crippen LogP contribution in [0.4, 0.5) is 0 Å². The van der Waals surface area contributed by atoms with Gasteiger partial charge in [-0.05, 0) is 37.0 Å². The molecule has 0 aliphatic heterocycles. The number of nitrogens with one attached hydrogen (secondary N) is 1. The highest BCUT2D eigenvalue weighted by Gasteiger charge is 2.25. The molecule has 0 radical (unpaired) electrons. The number of benzene rings is 1. The molecule has 0 spiro atoms. The third kappa shape index (κ3) is 2.21. The molecule has 2 N–H and O–H groups in total. The molecule has 2 atom stereocenters. The van der Waals surface area contributed by atoms with E-state index in [1.54, 1.807) is 0 Å². The highest BCUT2D eigenvalue weighted by molar-refractivity contribution is 6.42. The molecule has 1 aromatic carbocycles. The Balaban J connectivity index is 2.24. The summed E-state index contributed by atoms with van der Waals surface area (Å²) in [6.07, 6.45) is 1.96. The monoisotopic (exact) mass is 259 g/mol. The van der Waals surface area contributed by atoms with Crippen molar-refractivity contribution in [2.24, 2.45) is 0 Å². The number of rotatable bonds is 3. The van der Waals surface area contributed by atoms with Crippen LogP contribution in [0.5, 0.6) is 0 Å². The van der Waals surface area contributed by atoms with Crippen LogP contribution >= 0.6 is 23.2 Å². The fourth-order valence-electron chi connectivity index (χ4n) is 2.20. The summed E-state index contributed by atoms with van der Waals surface area (Å²) in [7, 11) is 0. The van der Waals surface area contributed by atoms with Crippen LogP contribution in [-0.2, 0) is 6.42 Å². The van der Waals surface area contributed by atoms with Gasteiger partial charge in [-0.15, -0.1) is 0 Å². The van der Waals surface area contributed by atoms with Crippen molar-refractivity contribution in [3.8, 4) is 0 Å². The minimum Gasteiger partial charge on any atom is -0.395 e. The number of hydrogen-bond donors (Lipinski definition) is 2. The lowest BCUT2D eigenvalue weighted by molar-refractivity contribution is 0.240. The summed E-state index contributed by atoms with van der Waals surface area (Å²) >= 11 is 12.1. The number of halogens is 2. The second-order valence-electron chi connectivity index (χ2n) is 4.27. The number of fused-ring (bicyclic) bond motifs is 1. The molecule has 2 nitrogen and oxygen atoms in total. The van der Waals surface area contributed by atoms with E-state index in [1.807, 2.05) is 19.1 Å². The number of aliphatic hydroxyl groups is 1. The summed E-state index contributed by atoms with van der Waals surface area (Å²) in [6, 6.07) is 4.25. The van der Waals surface area contributed by atoms with Crippen molar-refractivity contribution in [1.82, 2.24) is 5.32 Å².